The molecule has 0 bridgehead atoms. The standard InChI is InChI=1S/C21H25N3O3/c1-23(15-17-10-11-19(26-2)14-20(17)27-3)16-21(25)24(13-7-12-22)18-8-5-4-6-9-18/h4-6,8-11,14H,7,13,15-16H2,1-3H3. The van der Waals surface area contributed by atoms with E-state index in [2.05, 4.69) is 6.07 Å². The average molecular weight is 367 g/mol. The predicted molar refractivity (Wildman–Crippen MR) is 105 cm³/mol. The van der Waals surface area contributed by atoms with Gasteiger partial charge in [0.05, 0.1) is 33.3 Å². The van der Waals surface area contributed by atoms with Crippen LogP contribution in [0.1, 0.15) is 12.0 Å². The van der Waals surface area contributed by atoms with Crippen LogP contribution >= 0.6 is 0 Å². The molecule has 6 nitrogen and oxygen atoms in total. The minimum absolute atomic E-state index is 0.0496. The number of rotatable bonds is 9. The third-order valence-corrected chi connectivity index (χ3v) is 4.16. The fourth-order valence-electron chi connectivity index (χ4n) is 2.81. The number of carbonyl (C=O) groups excluding carboxylic acids is 1. The Balaban J connectivity index is 2.07. The SMILES string of the molecule is COc1ccc(CN(C)CC(=O)N(CCC#N)c2ccccc2)c(OC)c1. The first-order valence-electron chi connectivity index (χ1n) is 8.70. The summed E-state index contributed by atoms with van der Waals surface area (Å²) in [5.74, 6) is 1.39. The van der Waals surface area contributed by atoms with Crippen LogP contribution in [-0.2, 0) is 11.3 Å². The Kier molecular flexibility index (Phi) is 7.65. The summed E-state index contributed by atoms with van der Waals surface area (Å²) in [5, 5.41) is 8.90. The zero-order chi connectivity index (χ0) is 19.6. The van der Waals surface area contributed by atoms with Gasteiger partial charge in [0, 0.05) is 30.4 Å². The molecular formula is C21H25N3O3. The fraction of sp³-hybridized carbons (Fsp3) is 0.333. The number of amides is 1. The van der Waals surface area contributed by atoms with Crippen molar-refractivity contribution in [3.05, 3.63) is 54.1 Å². The number of para-hydroxylation sites is 1. The van der Waals surface area contributed by atoms with Crippen molar-refractivity contribution >= 4 is 11.6 Å². The maximum Gasteiger partial charge on any atom is 0.241 e. The molecule has 0 spiro atoms. The highest BCUT2D eigenvalue weighted by molar-refractivity contribution is 5.94. The number of benzene rings is 2. The van der Waals surface area contributed by atoms with Crippen LogP contribution in [-0.4, -0.2) is 45.2 Å². The van der Waals surface area contributed by atoms with Crippen LogP contribution in [0.4, 0.5) is 5.69 Å². The Morgan fingerprint density at radius 3 is 2.48 bits per heavy atom. The zero-order valence-corrected chi connectivity index (χ0v) is 16.0. The number of carbonyl (C=O) groups is 1. The maximum absolute atomic E-state index is 12.8. The summed E-state index contributed by atoms with van der Waals surface area (Å²) in [6, 6.07) is 17.2. The molecule has 2 rings (SSSR count). The second-order valence-corrected chi connectivity index (χ2v) is 6.14. The van der Waals surface area contributed by atoms with E-state index in [1.807, 2.05) is 60.5 Å². The van der Waals surface area contributed by atoms with Gasteiger partial charge in [0.2, 0.25) is 5.91 Å². The van der Waals surface area contributed by atoms with E-state index in [0.29, 0.717) is 13.1 Å². The lowest BCUT2D eigenvalue weighted by Gasteiger charge is -2.25. The third kappa shape index (κ3) is 5.73. The molecule has 142 valence electrons. The quantitative estimate of drug-likeness (QED) is 0.681. The minimum atomic E-state index is -0.0496. The van der Waals surface area contributed by atoms with E-state index in [-0.39, 0.29) is 18.9 Å². The van der Waals surface area contributed by atoms with Gasteiger partial charge in [-0.1, -0.05) is 24.3 Å². The van der Waals surface area contributed by atoms with E-state index < -0.39 is 0 Å². The van der Waals surface area contributed by atoms with Crippen molar-refractivity contribution in [2.24, 2.45) is 0 Å². The van der Waals surface area contributed by atoms with E-state index >= 15 is 0 Å². The number of hydrogen-bond donors (Lipinski definition) is 0. The summed E-state index contributed by atoms with van der Waals surface area (Å²) in [6.07, 6.45) is 0.288. The maximum atomic E-state index is 12.8. The highest BCUT2D eigenvalue weighted by Crippen LogP contribution is 2.25. The van der Waals surface area contributed by atoms with Gasteiger partial charge in [-0.2, -0.15) is 5.26 Å². The van der Waals surface area contributed by atoms with Gasteiger partial charge < -0.3 is 14.4 Å². The van der Waals surface area contributed by atoms with Crippen LogP contribution in [0.5, 0.6) is 11.5 Å². The van der Waals surface area contributed by atoms with Crippen LogP contribution in [0.15, 0.2) is 48.5 Å². The molecule has 0 saturated heterocycles. The predicted octanol–water partition coefficient (Wildman–Crippen LogP) is 3.08. The van der Waals surface area contributed by atoms with Crippen LogP contribution in [0.3, 0.4) is 0 Å². The minimum Gasteiger partial charge on any atom is -0.497 e. The van der Waals surface area contributed by atoms with Crippen molar-refractivity contribution in [1.29, 1.82) is 5.26 Å². The fourth-order valence-corrected chi connectivity index (χ4v) is 2.81. The van der Waals surface area contributed by atoms with Gasteiger partial charge in [-0.25, -0.2) is 0 Å². The number of hydrogen-bond acceptors (Lipinski definition) is 5. The van der Waals surface area contributed by atoms with Crippen LogP contribution in [0.2, 0.25) is 0 Å². The molecule has 0 aromatic heterocycles. The molecule has 0 heterocycles. The van der Waals surface area contributed by atoms with E-state index in [4.69, 9.17) is 14.7 Å². The summed E-state index contributed by atoms with van der Waals surface area (Å²) in [6.45, 7) is 1.16. The van der Waals surface area contributed by atoms with Crippen molar-refractivity contribution in [3.63, 3.8) is 0 Å². The van der Waals surface area contributed by atoms with Crippen LogP contribution in [0.25, 0.3) is 0 Å². The lowest BCUT2D eigenvalue weighted by Crippen LogP contribution is -2.39. The molecule has 0 fully saturated rings. The van der Waals surface area contributed by atoms with Crippen molar-refractivity contribution < 1.29 is 14.3 Å². The van der Waals surface area contributed by atoms with Crippen LogP contribution < -0.4 is 14.4 Å². The summed E-state index contributed by atoms with van der Waals surface area (Å²) in [5.41, 5.74) is 1.77. The topological polar surface area (TPSA) is 65.8 Å². The van der Waals surface area contributed by atoms with Gasteiger partial charge in [-0.15, -0.1) is 0 Å². The molecule has 0 aliphatic rings. The highest BCUT2D eigenvalue weighted by atomic mass is 16.5. The summed E-state index contributed by atoms with van der Waals surface area (Å²) in [4.78, 5) is 16.4. The molecular weight excluding hydrogens is 342 g/mol. The van der Waals surface area contributed by atoms with Gasteiger partial charge in [0.15, 0.2) is 0 Å². The zero-order valence-electron chi connectivity index (χ0n) is 16.0. The number of nitriles is 1. The second kappa shape index (κ2) is 10.2. The monoisotopic (exact) mass is 367 g/mol. The first-order chi connectivity index (χ1) is 13.1. The van der Waals surface area contributed by atoms with Crippen molar-refractivity contribution in [3.8, 4) is 17.6 Å². The van der Waals surface area contributed by atoms with Crippen molar-refractivity contribution in [2.45, 2.75) is 13.0 Å². The number of anilines is 1. The highest BCUT2D eigenvalue weighted by Gasteiger charge is 2.18. The first-order valence-corrected chi connectivity index (χ1v) is 8.70. The first kappa shape index (κ1) is 20.3. The molecule has 0 aliphatic carbocycles. The van der Waals surface area contributed by atoms with E-state index in [1.54, 1.807) is 19.1 Å². The van der Waals surface area contributed by atoms with E-state index in [0.717, 1.165) is 22.7 Å². The number of likely N-dealkylation sites (N-methyl/N-ethyl adjacent to an activating group) is 1. The second-order valence-electron chi connectivity index (χ2n) is 6.14. The van der Waals surface area contributed by atoms with E-state index in [9.17, 15) is 4.79 Å². The molecule has 0 N–H and O–H groups in total. The lowest BCUT2D eigenvalue weighted by atomic mass is 10.1. The molecule has 27 heavy (non-hydrogen) atoms. The Morgan fingerprint density at radius 2 is 1.85 bits per heavy atom. The normalized spacial score (nSPS) is 10.3. The molecule has 0 radical (unpaired) electrons. The largest absolute Gasteiger partial charge is 0.497 e. The van der Waals surface area contributed by atoms with Gasteiger partial charge in [0.1, 0.15) is 11.5 Å². The Hall–Kier alpha value is -3.04. The Labute approximate surface area is 160 Å². The molecule has 0 aliphatic heterocycles. The summed E-state index contributed by atoms with van der Waals surface area (Å²) in [7, 11) is 5.11. The van der Waals surface area contributed by atoms with Gasteiger partial charge in [-0.05, 0) is 25.2 Å². The molecule has 2 aromatic carbocycles. The molecule has 0 unspecified atom stereocenters. The van der Waals surface area contributed by atoms with Gasteiger partial charge in [-0.3, -0.25) is 9.69 Å². The number of methoxy groups -OCH3 is 2. The lowest BCUT2D eigenvalue weighted by molar-refractivity contribution is -0.119. The Bertz CT molecular complexity index is 787. The Morgan fingerprint density at radius 1 is 1.11 bits per heavy atom. The molecule has 1 amide bonds. The summed E-state index contributed by atoms with van der Waals surface area (Å²) < 4.78 is 10.6. The van der Waals surface area contributed by atoms with Gasteiger partial charge in [0.25, 0.3) is 0 Å². The van der Waals surface area contributed by atoms with Gasteiger partial charge >= 0.3 is 0 Å². The van der Waals surface area contributed by atoms with Crippen molar-refractivity contribution in [1.82, 2.24) is 4.90 Å². The molecule has 0 saturated carbocycles. The number of ether oxygens (including phenoxy) is 2. The third-order valence-electron chi connectivity index (χ3n) is 4.16. The summed E-state index contributed by atoms with van der Waals surface area (Å²) >= 11 is 0. The molecule has 2 aromatic rings. The van der Waals surface area contributed by atoms with Crippen molar-refractivity contribution in [2.75, 3.05) is 39.3 Å². The average Bonchev–Trinajstić information content (AvgIpc) is 2.69. The smallest absolute Gasteiger partial charge is 0.241 e. The number of nitrogens with zero attached hydrogens (tertiary/aromatic N) is 3. The van der Waals surface area contributed by atoms with E-state index in [1.165, 1.54) is 0 Å². The molecule has 0 atom stereocenters. The molecule has 6 heteroatoms. The van der Waals surface area contributed by atoms with Crippen LogP contribution in [0, 0.1) is 11.3 Å².